The molecule has 0 aliphatic rings. The molecule has 0 bridgehead atoms. The Morgan fingerprint density at radius 3 is 1.16 bits per heavy atom. The molecule has 0 amide bonds. The number of unbranched alkanes of at least 4 members (excludes halogenated alkanes) is 26. The van der Waals surface area contributed by atoms with Gasteiger partial charge in [-0.1, -0.05) is 211 Å². The van der Waals surface area contributed by atoms with Gasteiger partial charge in [0.05, 0.1) is 0 Å². The van der Waals surface area contributed by atoms with Crippen LogP contribution in [0.5, 0.6) is 0 Å². The van der Waals surface area contributed by atoms with Gasteiger partial charge >= 0.3 is 0 Å². The van der Waals surface area contributed by atoms with Crippen LogP contribution in [0.3, 0.4) is 0 Å². The van der Waals surface area contributed by atoms with Gasteiger partial charge in [-0.15, -0.1) is 0 Å². The number of para-hydroxylation sites is 1. The van der Waals surface area contributed by atoms with Gasteiger partial charge in [-0.05, 0) is 55.0 Å². The van der Waals surface area contributed by atoms with E-state index in [1.165, 1.54) is 204 Å². The Labute approximate surface area is 282 Å². The van der Waals surface area contributed by atoms with Crippen molar-refractivity contribution in [1.82, 2.24) is 0 Å². The van der Waals surface area contributed by atoms with E-state index in [0.717, 1.165) is 0 Å². The molecule has 0 spiro atoms. The summed E-state index contributed by atoms with van der Waals surface area (Å²) in [7, 11) is 0. The second-order valence-corrected chi connectivity index (χ2v) is 14.1. The molecule has 0 aliphatic heterocycles. The van der Waals surface area contributed by atoms with Crippen LogP contribution in [0.2, 0.25) is 0 Å². The minimum absolute atomic E-state index is 1.20. The lowest BCUT2D eigenvalue weighted by atomic mass is 9.94. The Morgan fingerprint density at radius 1 is 0.356 bits per heavy atom. The first-order chi connectivity index (χ1) is 22.3. The van der Waals surface area contributed by atoms with Gasteiger partial charge in [-0.3, -0.25) is 0 Å². The molecule has 0 saturated heterocycles. The zero-order chi connectivity index (χ0) is 31.9. The van der Waals surface area contributed by atoms with Crippen molar-refractivity contribution in [2.75, 3.05) is 5.32 Å². The third kappa shape index (κ3) is 21.6. The van der Waals surface area contributed by atoms with Crippen LogP contribution in [-0.2, 0) is 12.8 Å². The van der Waals surface area contributed by atoms with Crippen molar-refractivity contribution < 1.29 is 0 Å². The standard InChI is InChI=1S/C44H75N/c1-3-5-7-9-11-13-15-17-19-21-23-25-27-30-35-41-36-34-40-44(45-42-37-31-29-32-38-42)43(41)39-33-28-26-24-22-20-18-16-14-12-10-8-6-4-2/h29,31-32,34,36-38,40,45H,3-28,30,33,35,39H2,1-2H3. The first-order valence-electron chi connectivity index (χ1n) is 20.3. The van der Waals surface area contributed by atoms with E-state index < -0.39 is 0 Å². The lowest BCUT2D eigenvalue weighted by Gasteiger charge is -2.17. The topological polar surface area (TPSA) is 12.0 Å². The van der Waals surface area contributed by atoms with E-state index in [-0.39, 0.29) is 0 Å². The van der Waals surface area contributed by atoms with E-state index in [9.17, 15) is 0 Å². The molecule has 2 aromatic rings. The Hall–Kier alpha value is -1.76. The van der Waals surface area contributed by atoms with Gasteiger partial charge in [-0.2, -0.15) is 0 Å². The second-order valence-electron chi connectivity index (χ2n) is 14.1. The Kier molecular flexibility index (Phi) is 26.0. The monoisotopic (exact) mass is 618 g/mol. The number of aryl methyl sites for hydroxylation is 1. The Morgan fingerprint density at radius 2 is 0.733 bits per heavy atom. The first kappa shape index (κ1) is 39.4. The van der Waals surface area contributed by atoms with Crippen LogP contribution in [0.15, 0.2) is 48.5 Å². The summed E-state index contributed by atoms with van der Waals surface area (Å²) >= 11 is 0. The summed E-state index contributed by atoms with van der Waals surface area (Å²) < 4.78 is 0. The van der Waals surface area contributed by atoms with Gasteiger partial charge in [0.25, 0.3) is 0 Å². The maximum Gasteiger partial charge on any atom is 0.0419 e. The maximum absolute atomic E-state index is 3.76. The summed E-state index contributed by atoms with van der Waals surface area (Å²) in [6.07, 6.45) is 42.3. The molecule has 0 aromatic heterocycles. The highest BCUT2D eigenvalue weighted by Crippen LogP contribution is 2.28. The first-order valence-corrected chi connectivity index (χ1v) is 20.3. The van der Waals surface area contributed by atoms with Crippen molar-refractivity contribution in [3.8, 4) is 0 Å². The molecular weight excluding hydrogens is 542 g/mol. The average Bonchev–Trinajstić information content (AvgIpc) is 3.06. The zero-order valence-electron chi connectivity index (χ0n) is 30.3. The molecule has 1 nitrogen and oxygen atoms in total. The highest BCUT2D eigenvalue weighted by atomic mass is 14.9. The molecule has 45 heavy (non-hydrogen) atoms. The molecule has 1 heteroatoms. The van der Waals surface area contributed by atoms with Crippen molar-refractivity contribution in [2.45, 2.75) is 206 Å². The lowest BCUT2D eigenvalue weighted by Crippen LogP contribution is -2.02. The smallest absolute Gasteiger partial charge is 0.0419 e. The van der Waals surface area contributed by atoms with Crippen LogP contribution in [-0.4, -0.2) is 0 Å². The van der Waals surface area contributed by atoms with Crippen molar-refractivity contribution >= 4 is 11.4 Å². The molecule has 2 rings (SSSR count). The van der Waals surface area contributed by atoms with Gasteiger partial charge in [0.15, 0.2) is 0 Å². The molecule has 0 aliphatic carbocycles. The number of rotatable bonds is 32. The molecular formula is C44H75N. The van der Waals surface area contributed by atoms with E-state index in [1.54, 1.807) is 11.1 Å². The largest absolute Gasteiger partial charge is 0.355 e. The lowest BCUT2D eigenvalue weighted by molar-refractivity contribution is 0.534. The maximum atomic E-state index is 3.76. The fourth-order valence-corrected chi connectivity index (χ4v) is 6.96. The highest BCUT2D eigenvalue weighted by Gasteiger charge is 2.09. The molecule has 0 radical (unpaired) electrons. The van der Waals surface area contributed by atoms with Crippen LogP contribution < -0.4 is 5.32 Å². The predicted molar refractivity (Wildman–Crippen MR) is 204 cm³/mol. The third-order valence-electron chi connectivity index (χ3n) is 9.91. The number of nitrogens with one attached hydrogen (secondary N) is 1. The van der Waals surface area contributed by atoms with Gasteiger partial charge in [0.2, 0.25) is 0 Å². The fourth-order valence-electron chi connectivity index (χ4n) is 6.96. The van der Waals surface area contributed by atoms with E-state index in [2.05, 4.69) is 67.7 Å². The number of hydrogen-bond acceptors (Lipinski definition) is 1. The van der Waals surface area contributed by atoms with Crippen LogP contribution in [0.1, 0.15) is 205 Å². The molecule has 2 aromatic carbocycles. The van der Waals surface area contributed by atoms with Crippen molar-refractivity contribution in [2.24, 2.45) is 0 Å². The third-order valence-corrected chi connectivity index (χ3v) is 9.91. The summed E-state index contributed by atoms with van der Waals surface area (Å²) in [5, 5.41) is 3.76. The normalized spacial score (nSPS) is 11.3. The summed E-state index contributed by atoms with van der Waals surface area (Å²) in [6.45, 7) is 4.61. The molecule has 0 heterocycles. The minimum Gasteiger partial charge on any atom is -0.355 e. The highest BCUT2D eigenvalue weighted by molar-refractivity contribution is 5.64. The van der Waals surface area contributed by atoms with Crippen molar-refractivity contribution in [1.29, 1.82) is 0 Å². The number of hydrogen-bond donors (Lipinski definition) is 1. The Balaban J connectivity index is 1.63. The van der Waals surface area contributed by atoms with E-state index in [1.807, 2.05) is 0 Å². The quantitative estimate of drug-likeness (QED) is 0.0805. The minimum atomic E-state index is 1.20. The molecule has 0 fully saturated rings. The zero-order valence-corrected chi connectivity index (χ0v) is 30.3. The van der Waals surface area contributed by atoms with E-state index in [4.69, 9.17) is 0 Å². The number of benzene rings is 2. The average molecular weight is 618 g/mol. The SMILES string of the molecule is CCCCCCCCCCCCCCCCc1cccc(Nc2ccccc2)c1CCCCCCCCCCCCCCCC. The van der Waals surface area contributed by atoms with Crippen molar-refractivity contribution in [3.63, 3.8) is 0 Å². The van der Waals surface area contributed by atoms with Crippen LogP contribution in [0, 0.1) is 0 Å². The van der Waals surface area contributed by atoms with Gasteiger partial charge in [0.1, 0.15) is 0 Å². The Bertz CT molecular complexity index is 887. The summed E-state index contributed by atoms with van der Waals surface area (Å²) in [5.41, 5.74) is 5.70. The molecule has 0 saturated carbocycles. The van der Waals surface area contributed by atoms with Gasteiger partial charge in [0, 0.05) is 11.4 Å². The van der Waals surface area contributed by atoms with E-state index >= 15 is 0 Å². The van der Waals surface area contributed by atoms with Gasteiger partial charge in [-0.25, -0.2) is 0 Å². The summed E-state index contributed by atoms with van der Waals surface area (Å²) in [4.78, 5) is 0. The van der Waals surface area contributed by atoms with Crippen LogP contribution >= 0.6 is 0 Å². The predicted octanol–water partition coefficient (Wildman–Crippen LogP) is 15.5. The van der Waals surface area contributed by atoms with Gasteiger partial charge < -0.3 is 5.32 Å². The molecule has 0 unspecified atom stereocenters. The van der Waals surface area contributed by atoms with Crippen LogP contribution in [0.25, 0.3) is 0 Å². The molecule has 256 valence electrons. The fraction of sp³-hybridized carbons (Fsp3) is 0.727. The second kappa shape index (κ2) is 29.6. The van der Waals surface area contributed by atoms with E-state index in [0.29, 0.717) is 0 Å². The summed E-state index contributed by atoms with van der Waals surface area (Å²) in [5.74, 6) is 0. The summed E-state index contributed by atoms with van der Waals surface area (Å²) in [6, 6.07) is 17.7. The molecule has 0 atom stereocenters. The molecule has 1 N–H and O–H groups in total. The van der Waals surface area contributed by atoms with Crippen molar-refractivity contribution in [3.05, 3.63) is 59.7 Å². The number of anilines is 2. The van der Waals surface area contributed by atoms with Crippen LogP contribution in [0.4, 0.5) is 11.4 Å².